The number of aromatic nitrogens is 1. The van der Waals surface area contributed by atoms with Crippen LogP contribution in [0.25, 0.3) is 0 Å². The Morgan fingerprint density at radius 2 is 1.29 bits per heavy atom. The van der Waals surface area contributed by atoms with E-state index in [2.05, 4.69) is 39.2 Å². The van der Waals surface area contributed by atoms with Crippen molar-refractivity contribution in [2.45, 2.75) is 60.5 Å². The minimum Gasteiger partial charge on any atom is -0.634 e. The molecule has 5 heteroatoms. The van der Waals surface area contributed by atoms with Gasteiger partial charge in [0.25, 0.3) is 0 Å². The Morgan fingerprint density at radius 3 is 1.62 bits per heavy atom. The van der Waals surface area contributed by atoms with Gasteiger partial charge in [0, 0.05) is 50.1 Å². The maximum Gasteiger partial charge on any atom is 0.0351 e. The van der Waals surface area contributed by atoms with Gasteiger partial charge in [-0.15, -0.1) is 0 Å². The van der Waals surface area contributed by atoms with Crippen LogP contribution in [0.1, 0.15) is 49.3 Å². The molecule has 3 atom stereocenters. The van der Waals surface area contributed by atoms with Crippen molar-refractivity contribution in [2.24, 2.45) is 5.92 Å². The van der Waals surface area contributed by atoms with Crippen molar-refractivity contribution in [2.75, 3.05) is 0 Å². The second kappa shape index (κ2) is 8.23. The zero-order valence-corrected chi connectivity index (χ0v) is 16.9. The Hall–Kier alpha value is -0.476. The van der Waals surface area contributed by atoms with E-state index in [0.29, 0.717) is 0 Å². The van der Waals surface area contributed by atoms with Gasteiger partial charge in [-0.05, 0) is 64.6 Å². The number of imide groups is 1. The van der Waals surface area contributed by atoms with E-state index in [9.17, 15) is 9.59 Å². The van der Waals surface area contributed by atoms with Crippen LogP contribution in [0.5, 0.6) is 0 Å². The maximum absolute atomic E-state index is 10.8. The summed E-state index contributed by atoms with van der Waals surface area (Å²) in [6.45, 7) is 14.5. The maximum atomic E-state index is 10.8. The van der Waals surface area contributed by atoms with Crippen molar-refractivity contribution in [3.63, 3.8) is 0 Å². The molecule has 1 aromatic rings. The Kier molecular flexibility index (Phi) is 8.05. The third-order valence-corrected chi connectivity index (χ3v) is 4.90. The van der Waals surface area contributed by atoms with Crippen LogP contribution in [-0.2, 0) is 42.3 Å². The monoisotopic (exact) mass is 365 g/mol. The van der Waals surface area contributed by atoms with E-state index in [1.165, 1.54) is 22.5 Å². The molecular weight excluding hydrogens is 341 g/mol. The van der Waals surface area contributed by atoms with Crippen molar-refractivity contribution in [1.82, 2.24) is 9.47 Å². The molecule has 0 saturated carbocycles. The van der Waals surface area contributed by atoms with Gasteiger partial charge in [0.2, 0.25) is 0 Å². The first-order chi connectivity index (χ1) is 9.27. The standard InChI is InChI=1S/C16H24N2O2.Y/c1-10-11(2)15(6)18(14(10)5)16(7)12(3)13(4)17(8-19)9-20;/h12-13,16H,1-7H3;/q-2;. The SMILES string of the molecule is Cc1c(C)c(C)n(C(C)C(C)C(C)N([C-]=O)[C-]=O)c1C.[Y]. The van der Waals surface area contributed by atoms with Crippen LogP contribution >= 0.6 is 0 Å². The predicted octanol–water partition coefficient (Wildman–Crippen LogP) is 2.74. The summed E-state index contributed by atoms with van der Waals surface area (Å²) in [4.78, 5) is 22.5. The molecule has 0 spiro atoms. The minimum atomic E-state index is -0.234. The number of rotatable bonds is 6. The fraction of sp³-hybridized carbons (Fsp3) is 0.625. The summed E-state index contributed by atoms with van der Waals surface area (Å²) in [5.41, 5.74) is 5.08. The molecule has 1 radical (unpaired) electrons. The number of hydrogen-bond acceptors (Lipinski definition) is 2. The van der Waals surface area contributed by atoms with Crippen molar-refractivity contribution >= 4 is 12.8 Å². The van der Waals surface area contributed by atoms with Crippen molar-refractivity contribution in [3.05, 3.63) is 22.5 Å². The first kappa shape index (κ1) is 20.5. The van der Waals surface area contributed by atoms with Gasteiger partial charge in [-0.1, -0.05) is 6.92 Å². The third kappa shape index (κ3) is 3.84. The number of nitrogens with zero attached hydrogens (tertiary/aromatic N) is 2. The Morgan fingerprint density at radius 1 is 0.905 bits per heavy atom. The molecule has 21 heavy (non-hydrogen) atoms. The van der Waals surface area contributed by atoms with E-state index in [4.69, 9.17) is 0 Å². The average Bonchev–Trinajstić information content (AvgIpc) is 2.62. The first-order valence-corrected chi connectivity index (χ1v) is 6.97. The molecule has 3 unspecified atom stereocenters. The molecule has 1 heterocycles. The van der Waals surface area contributed by atoms with Gasteiger partial charge >= 0.3 is 0 Å². The molecule has 2 amide bonds. The van der Waals surface area contributed by atoms with Gasteiger partial charge < -0.3 is 19.1 Å². The summed E-state index contributed by atoms with van der Waals surface area (Å²) >= 11 is 0. The summed E-state index contributed by atoms with van der Waals surface area (Å²) < 4.78 is 2.29. The molecule has 0 bridgehead atoms. The Balaban J connectivity index is 0.00000400. The molecule has 4 nitrogen and oxygen atoms in total. The summed E-state index contributed by atoms with van der Waals surface area (Å²) in [5, 5.41) is 0. The average molecular weight is 365 g/mol. The fourth-order valence-electron chi connectivity index (χ4n) is 2.82. The van der Waals surface area contributed by atoms with Crippen LogP contribution in [0.2, 0.25) is 0 Å². The third-order valence-electron chi connectivity index (χ3n) is 4.90. The summed E-state index contributed by atoms with van der Waals surface area (Å²) in [7, 11) is 0. The van der Waals surface area contributed by atoms with Gasteiger partial charge in [-0.2, -0.15) is 12.8 Å². The molecule has 0 saturated heterocycles. The summed E-state index contributed by atoms with van der Waals surface area (Å²) in [6.07, 6.45) is 3.27. The quantitative estimate of drug-likeness (QED) is 0.575. The van der Waals surface area contributed by atoms with Crippen LogP contribution < -0.4 is 0 Å². The van der Waals surface area contributed by atoms with Crippen molar-refractivity contribution in [3.8, 4) is 0 Å². The van der Waals surface area contributed by atoms with Crippen LogP contribution in [0.15, 0.2) is 0 Å². The van der Waals surface area contributed by atoms with Crippen LogP contribution in [-0.4, -0.2) is 28.3 Å². The molecule has 0 aliphatic carbocycles. The second-order valence-corrected chi connectivity index (χ2v) is 5.68. The molecule has 0 aliphatic heterocycles. The van der Waals surface area contributed by atoms with Crippen LogP contribution in [0.4, 0.5) is 0 Å². The first-order valence-electron chi connectivity index (χ1n) is 6.97. The Bertz CT molecular complexity index is 477. The van der Waals surface area contributed by atoms with E-state index >= 15 is 0 Å². The molecule has 1 rings (SSSR count). The van der Waals surface area contributed by atoms with Crippen LogP contribution in [0, 0.1) is 33.6 Å². The van der Waals surface area contributed by atoms with Gasteiger partial charge in [0.15, 0.2) is 0 Å². The van der Waals surface area contributed by atoms with Gasteiger partial charge in [0.1, 0.15) is 0 Å². The fourth-order valence-corrected chi connectivity index (χ4v) is 2.82. The van der Waals surface area contributed by atoms with Gasteiger partial charge in [-0.25, -0.2) is 0 Å². The van der Waals surface area contributed by atoms with E-state index < -0.39 is 0 Å². The van der Waals surface area contributed by atoms with Gasteiger partial charge in [-0.3, -0.25) is 0 Å². The largest absolute Gasteiger partial charge is 0.634 e. The van der Waals surface area contributed by atoms with Crippen molar-refractivity contribution < 1.29 is 42.3 Å². The molecule has 115 valence electrons. The molecule has 1 aromatic heterocycles. The summed E-state index contributed by atoms with van der Waals surface area (Å²) in [5.74, 6) is 0.113. The van der Waals surface area contributed by atoms with E-state index in [1.54, 1.807) is 12.8 Å². The minimum absolute atomic E-state index is 0. The molecule has 0 aliphatic rings. The molecule has 0 aromatic carbocycles. The zero-order valence-electron chi connectivity index (χ0n) is 14.0. The summed E-state index contributed by atoms with van der Waals surface area (Å²) in [6, 6.07) is -0.0524. The van der Waals surface area contributed by atoms with Gasteiger partial charge in [0.05, 0.1) is 0 Å². The number of hydrogen-bond donors (Lipinski definition) is 0. The van der Waals surface area contributed by atoms with E-state index in [1.807, 2.05) is 13.8 Å². The van der Waals surface area contributed by atoms with E-state index in [0.717, 1.165) is 4.90 Å². The molecule has 0 fully saturated rings. The topological polar surface area (TPSA) is 42.3 Å². The molecular formula is C16H24N2O2Y-2. The predicted molar refractivity (Wildman–Crippen MR) is 79.9 cm³/mol. The number of amides is 2. The van der Waals surface area contributed by atoms with Crippen molar-refractivity contribution in [1.29, 1.82) is 0 Å². The number of carbonyl (C=O) groups excluding carboxylic acids is 2. The second-order valence-electron chi connectivity index (χ2n) is 5.68. The smallest absolute Gasteiger partial charge is 0.0351 e. The van der Waals surface area contributed by atoms with Crippen LogP contribution in [0.3, 0.4) is 0 Å². The zero-order chi connectivity index (χ0) is 15.6. The normalized spacial score (nSPS) is 14.8. The Labute approximate surface area is 153 Å². The van der Waals surface area contributed by atoms with E-state index in [-0.39, 0.29) is 50.7 Å². The molecule has 0 N–H and O–H groups in total.